The van der Waals surface area contributed by atoms with Crippen LogP contribution in [0, 0.1) is 5.92 Å². The third-order valence-electron chi connectivity index (χ3n) is 2.17. The van der Waals surface area contributed by atoms with Crippen LogP contribution in [0.1, 0.15) is 13.8 Å². The Morgan fingerprint density at radius 1 is 1.22 bits per heavy atom. The van der Waals surface area contributed by atoms with E-state index < -0.39 is 6.10 Å². The van der Waals surface area contributed by atoms with Crippen molar-refractivity contribution in [3.05, 3.63) is 24.3 Å². The minimum Gasteiger partial charge on any atom is -0.508 e. The molecule has 100 valence electrons. The lowest BCUT2D eigenvalue weighted by Gasteiger charge is -2.13. The molecule has 1 atom stereocenters. The van der Waals surface area contributed by atoms with E-state index in [-0.39, 0.29) is 30.9 Å². The van der Waals surface area contributed by atoms with Gasteiger partial charge in [-0.2, -0.15) is 0 Å². The van der Waals surface area contributed by atoms with Gasteiger partial charge in [-0.3, -0.25) is 4.79 Å². The Morgan fingerprint density at radius 3 is 2.39 bits per heavy atom. The summed E-state index contributed by atoms with van der Waals surface area (Å²) in [5.41, 5.74) is 0. The lowest BCUT2D eigenvalue weighted by Crippen LogP contribution is -2.26. The van der Waals surface area contributed by atoms with E-state index in [2.05, 4.69) is 0 Å². The largest absolute Gasteiger partial charge is 0.508 e. The summed E-state index contributed by atoms with van der Waals surface area (Å²) in [7, 11) is 0. The lowest BCUT2D eigenvalue weighted by molar-refractivity contribution is -0.150. The maximum atomic E-state index is 11.2. The average molecular weight is 254 g/mol. The fraction of sp³-hybridized carbons (Fsp3) is 0.462. The molecule has 0 saturated carbocycles. The van der Waals surface area contributed by atoms with Crippen LogP contribution < -0.4 is 4.74 Å². The van der Waals surface area contributed by atoms with E-state index in [0.29, 0.717) is 5.75 Å². The van der Waals surface area contributed by atoms with Gasteiger partial charge in [-0.1, -0.05) is 13.8 Å². The second kappa shape index (κ2) is 6.86. The zero-order valence-electron chi connectivity index (χ0n) is 10.5. The van der Waals surface area contributed by atoms with Gasteiger partial charge in [0.05, 0.1) is 5.92 Å². The summed E-state index contributed by atoms with van der Waals surface area (Å²) < 4.78 is 10.1. The zero-order valence-corrected chi connectivity index (χ0v) is 10.5. The molecule has 0 aromatic heterocycles. The third kappa shape index (κ3) is 5.05. The van der Waals surface area contributed by atoms with Gasteiger partial charge in [-0.25, -0.2) is 0 Å². The van der Waals surface area contributed by atoms with E-state index >= 15 is 0 Å². The van der Waals surface area contributed by atoms with E-state index in [1.807, 2.05) is 0 Å². The molecule has 0 amide bonds. The minimum absolute atomic E-state index is 0.0240. The fourth-order valence-corrected chi connectivity index (χ4v) is 1.13. The first-order valence-electron chi connectivity index (χ1n) is 5.75. The number of phenolic OH excluding ortho intramolecular Hbond substituents is 1. The summed E-state index contributed by atoms with van der Waals surface area (Å²) >= 11 is 0. The summed E-state index contributed by atoms with van der Waals surface area (Å²) in [5.74, 6) is 0.115. The van der Waals surface area contributed by atoms with Crippen LogP contribution in [-0.2, 0) is 9.53 Å². The molecule has 0 fully saturated rings. The number of carbonyl (C=O) groups excluding carboxylic acids is 1. The smallest absolute Gasteiger partial charge is 0.308 e. The summed E-state index contributed by atoms with van der Waals surface area (Å²) in [4.78, 5) is 11.2. The predicted octanol–water partition coefficient (Wildman–Crippen LogP) is 1.33. The molecule has 0 aliphatic heterocycles. The van der Waals surface area contributed by atoms with Crippen LogP contribution >= 0.6 is 0 Å². The Labute approximate surface area is 106 Å². The molecule has 1 aromatic rings. The van der Waals surface area contributed by atoms with Gasteiger partial charge in [0.2, 0.25) is 0 Å². The number of carbonyl (C=O) groups is 1. The number of aromatic hydroxyl groups is 1. The number of phenols is 1. The molecule has 0 bridgehead atoms. The number of rotatable bonds is 6. The lowest BCUT2D eigenvalue weighted by atomic mass is 10.2. The Bertz CT molecular complexity index is 371. The van der Waals surface area contributed by atoms with Crippen LogP contribution in [0.2, 0.25) is 0 Å². The summed E-state index contributed by atoms with van der Waals surface area (Å²) in [6.07, 6.45) is -0.874. The van der Waals surface area contributed by atoms with Gasteiger partial charge < -0.3 is 19.7 Å². The number of aliphatic hydroxyl groups excluding tert-OH is 1. The van der Waals surface area contributed by atoms with Crippen LogP contribution in [0.4, 0.5) is 0 Å². The van der Waals surface area contributed by atoms with Crippen molar-refractivity contribution >= 4 is 5.97 Å². The van der Waals surface area contributed by atoms with E-state index in [4.69, 9.17) is 14.6 Å². The van der Waals surface area contributed by atoms with E-state index in [1.165, 1.54) is 12.1 Å². The summed E-state index contributed by atoms with van der Waals surface area (Å²) in [6, 6.07) is 6.14. The highest BCUT2D eigenvalue weighted by Gasteiger charge is 2.12. The zero-order chi connectivity index (χ0) is 13.5. The van der Waals surface area contributed by atoms with Crippen molar-refractivity contribution in [3.63, 3.8) is 0 Å². The minimum atomic E-state index is -0.874. The van der Waals surface area contributed by atoms with Crippen molar-refractivity contribution in [1.29, 1.82) is 0 Å². The van der Waals surface area contributed by atoms with Crippen LogP contribution in [0.5, 0.6) is 11.5 Å². The van der Waals surface area contributed by atoms with Crippen molar-refractivity contribution in [1.82, 2.24) is 0 Å². The average Bonchev–Trinajstić information content (AvgIpc) is 2.35. The second-order valence-electron chi connectivity index (χ2n) is 4.24. The van der Waals surface area contributed by atoms with E-state index in [9.17, 15) is 9.90 Å². The van der Waals surface area contributed by atoms with Crippen LogP contribution in [-0.4, -0.2) is 35.5 Å². The molecule has 1 unspecified atom stereocenters. The van der Waals surface area contributed by atoms with Crippen molar-refractivity contribution < 1.29 is 24.5 Å². The second-order valence-corrected chi connectivity index (χ2v) is 4.24. The van der Waals surface area contributed by atoms with Crippen LogP contribution in [0.3, 0.4) is 0 Å². The van der Waals surface area contributed by atoms with E-state index in [1.54, 1.807) is 26.0 Å². The van der Waals surface area contributed by atoms with Crippen molar-refractivity contribution in [2.24, 2.45) is 5.92 Å². The van der Waals surface area contributed by atoms with Gasteiger partial charge in [0.25, 0.3) is 0 Å². The molecule has 0 saturated heterocycles. The number of aliphatic hydroxyl groups is 1. The van der Waals surface area contributed by atoms with Gasteiger partial charge in [0, 0.05) is 0 Å². The topological polar surface area (TPSA) is 76.0 Å². The SMILES string of the molecule is CC(C)C(=O)OCC(O)COc1ccc(O)cc1. The Morgan fingerprint density at radius 2 is 1.83 bits per heavy atom. The van der Waals surface area contributed by atoms with Crippen LogP contribution in [0.15, 0.2) is 24.3 Å². The molecular weight excluding hydrogens is 236 g/mol. The summed E-state index contributed by atoms with van der Waals surface area (Å²) in [5, 5.41) is 18.6. The Balaban J connectivity index is 2.26. The molecule has 1 aromatic carbocycles. The molecule has 0 radical (unpaired) electrons. The number of ether oxygens (including phenoxy) is 2. The molecule has 5 nitrogen and oxygen atoms in total. The number of esters is 1. The molecule has 0 heterocycles. The monoisotopic (exact) mass is 254 g/mol. The van der Waals surface area contributed by atoms with E-state index in [0.717, 1.165) is 0 Å². The number of benzene rings is 1. The number of hydrogen-bond donors (Lipinski definition) is 2. The molecular formula is C13H18O5. The molecule has 0 spiro atoms. The number of hydrogen-bond acceptors (Lipinski definition) is 5. The third-order valence-corrected chi connectivity index (χ3v) is 2.17. The van der Waals surface area contributed by atoms with Gasteiger partial charge in [-0.15, -0.1) is 0 Å². The Hall–Kier alpha value is -1.75. The highest BCUT2D eigenvalue weighted by atomic mass is 16.5. The summed E-state index contributed by atoms with van der Waals surface area (Å²) in [6.45, 7) is 3.38. The maximum Gasteiger partial charge on any atom is 0.308 e. The highest BCUT2D eigenvalue weighted by Crippen LogP contribution is 2.15. The van der Waals surface area contributed by atoms with Gasteiger partial charge in [0.1, 0.15) is 30.8 Å². The van der Waals surface area contributed by atoms with Crippen molar-refractivity contribution in [3.8, 4) is 11.5 Å². The Kier molecular flexibility index (Phi) is 5.45. The molecule has 0 aliphatic rings. The quantitative estimate of drug-likeness (QED) is 0.749. The molecule has 2 N–H and O–H groups in total. The molecule has 1 rings (SSSR count). The van der Waals surface area contributed by atoms with Gasteiger partial charge >= 0.3 is 5.97 Å². The molecule has 0 aliphatic carbocycles. The first kappa shape index (κ1) is 14.3. The predicted molar refractivity (Wildman–Crippen MR) is 65.4 cm³/mol. The standard InChI is InChI=1S/C13H18O5/c1-9(2)13(16)18-8-11(15)7-17-12-5-3-10(14)4-6-12/h3-6,9,11,14-15H,7-8H2,1-2H3. The van der Waals surface area contributed by atoms with Gasteiger partial charge in [0.15, 0.2) is 0 Å². The van der Waals surface area contributed by atoms with Crippen molar-refractivity contribution in [2.75, 3.05) is 13.2 Å². The fourth-order valence-electron chi connectivity index (χ4n) is 1.13. The maximum absolute atomic E-state index is 11.2. The highest BCUT2D eigenvalue weighted by molar-refractivity contribution is 5.71. The van der Waals surface area contributed by atoms with Gasteiger partial charge in [-0.05, 0) is 24.3 Å². The normalized spacial score (nSPS) is 12.2. The molecule has 18 heavy (non-hydrogen) atoms. The van der Waals surface area contributed by atoms with Crippen molar-refractivity contribution in [2.45, 2.75) is 20.0 Å². The first-order valence-corrected chi connectivity index (χ1v) is 5.75. The first-order chi connectivity index (χ1) is 8.49. The molecule has 5 heteroatoms. The van der Waals surface area contributed by atoms with Crippen LogP contribution in [0.25, 0.3) is 0 Å².